The van der Waals surface area contributed by atoms with E-state index in [4.69, 9.17) is 5.11 Å². The van der Waals surface area contributed by atoms with Gasteiger partial charge in [-0.1, -0.05) is 6.07 Å². The van der Waals surface area contributed by atoms with E-state index >= 15 is 0 Å². The number of carboxylic acids is 1. The van der Waals surface area contributed by atoms with Crippen LogP contribution in [-0.2, 0) is 6.18 Å². The van der Waals surface area contributed by atoms with Crippen LogP contribution in [0, 0.1) is 5.82 Å². The lowest BCUT2D eigenvalue weighted by atomic mass is 10.1. The minimum atomic E-state index is -4.84. The largest absolute Gasteiger partial charge is 0.477 e. The van der Waals surface area contributed by atoms with Crippen LogP contribution in [0.25, 0.3) is 11.4 Å². The lowest BCUT2D eigenvalue weighted by Gasteiger charge is -2.09. The molecule has 0 unspecified atom stereocenters. The van der Waals surface area contributed by atoms with Gasteiger partial charge < -0.3 is 10.1 Å². The van der Waals surface area contributed by atoms with Crippen molar-refractivity contribution < 1.29 is 27.5 Å². The molecule has 21 heavy (non-hydrogen) atoms. The van der Waals surface area contributed by atoms with Crippen LogP contribution in [0.15, 0.2) is 29.2 Å². The molecule has 1 heterocycles. The molecule has 0 spiro atoms. The smallest absolute Gasteiger partial charge is 0.419 e. The molecule has 0 amide bonds. The Balaban J connectivity index is 2.49. The van der Waals surface area contributed by atoms with Crippen molar-refractivity contribution in [1.82, 2.24) is 9.97 Å². The normalized spacial score (nSPS) is 11.4. The van der Waals surface area contributed by atoms with Crippen LogP contribution in [0.3, 0.4) is 0 Å². The summed E-state index contributed by atoms with van der Waals surface area (Å²) in [6.45, 7) is 0. The third kappa shape index (κ3) is 2.91. The van der Waals surface area contributed by atoms with E-state index in [0.29, 0.717) is 12.1 Å². The van der Waals surface area contributed by atoms with E-state index in [0.717, 1.165) is 12.3 Å². The Labute approximate surface area is 113 Å². The molecule has 2 N–H and O–H groups in total. The maximum Gasteiger partial charge on any atom is 0.419 e. The van der Waals surface area contributed by atoms with Gasteiger partial charge in [0.25, 0.3) is 5.56 Å². The number of alkyl halides is 3. The number of halogens is 4. The van der Waals surface area contributed by atoms with Gasteiger partial charge in [-0.15, -0.1) is 0 Å². The number of aromatic amines is 1. The SMILES string of the molecule is O=C(O)c1cnc(-c2ccc(C(F)(F)F)c(F)c2)[nH]c1=O. The maximum atomic E-state index is 13.4. The van der Waals surface area contributed by atoms with Crippen molar-refractivity contribution in [3.63, 3.8) is 0 Å². The fraction of sp³-hybridized carbons (Fsp3) is 0.0833. The molecule has 0 saturated heterocycles. The highest BCUT2D eigenvalue weighted by molar-refractivity contribution is 5.86. The van der Waals surface area contributed by atoms with Crippen LogP contribution in [-0.4, -0.2) is 21.0 Å². The molecule has 1 aromatic carbocycles. The number of carboxylic acid groups (broad SMARTS) is 1. The number of hydrogen-bond donors (Lipinski definition) is 2. The van der Waals surface area contributed by atoms with Crippen molar-refractivity contribution in [3.05, 3.63) is 51.7 Å². The molecule has 0 aliphatic carbocycles. The molecule has 0 fully saturated rings. The van der Waals surface area contributed by atoms with Crippen molar-refractivity contribution in [2.45, 2.75) is 6.18 Å². The zero-order valence-corrected chi connectivity index (χ0v) is 10.0. The molecule has 0 aliphatic rings. The first kappa shape index (κ1) is 14.7. The van der Waals surface area contributed by atoms with Gasteiger partial charge >= 0.3 is 12.1 Å². The minimum absolute atomic E-state index is 0.116. The average molecular weight is 302 g/mol. The first-order valence-electron chi connectivity index (χ1n) is 5.40. The number of nitrogens with zero attached hydrogens (tertiary/aromatic N) is 1. The van der Waals surface area contributed by atoms with Gasteiger partial charge in [-0.25, -0.2) is 14.2 Å². The maximum absolute atomic E-state index is 13.4. The van der Waals surface area contributed by atoms with Crippen LogP contribution >= 0.6 is 0 Å². The average Bonchev–Trinajstić information content (AvgIpc) is 2.36. The standard InChI is InChI=1S/C12H6F4N2O3/c13-8-3-5(1-2-7(8)12(14,15)16)9-17-4-6(11(20)21)10(19)18-9/h1-4H,(H,20,21)(H,17,18,19). The Morgan fingerprint density at radius 3 is 2.43 bits per heavy atom. The molecule has 2 rings (SSSR count). The molecule has 9 heteroatoms. The first-order chi connectivity index (χ1) is 9.70. The highest BCUT2D eigenvalue weighted by Crippen LogP contribution is 2.32. The molecular weight excluding hydrogens is 296 g/mol. The molecule has 5 nitrogen and oxygen atoms in total. The van der Waals surface area contributed by atoms with Crippen LogP contribution in [0.5, 0.6) is 0 Å². The van der Waals surface area contributed by atoms with Gasteiger partial charge in [0.15, 0.2) is 0 Å². The number of benzene rings is 1. The van der Waals surface area contributed by atoms with Crippen LogP contribution in [0.2, 0.25) is 0 Å². The molecule has 0 saturated carbocycles. The van der Waals surface area contributed by atoms with Crippen molar-refractivity contribution in [1.29, 1.82) is 0 Å². The lowest BCUT2D eigenvalue weighted by Crippen LogP contribution is -2.18. The summed E-state index contributed by atoms with van der Waals surface area (Å²) in [7, 11) is 0. The summed E-state index contributed by atoms with van der Waals surface area (Å²) in [5.74, 6) is -3.27. The zero-order valence-electron chi connectivity index (χ0n) is 10.0. The van der Waals surface area contributed by atoms with Crippen LogP contribution in [0.4, 0.5) is 17.6 Å². The Morgan fingerprint density at radius 1 is 1.29 bits per heavy atom. The molecule has 0 atom stereocenters. The molecule has 110 valence electrons. The third-order valence-electron chi connectivity index (χ3n) is 2.58. The van der Waals surface area contributed by atoms with Crippen molar-refractivity contribution in [2.24, 2.45) is 0 Å². The topological polar surface area (TPSA) is 83.0 Å². The number of carbonyl (C=O) groups is 1. The Kier molecular flexibility index (Phi) is 3.50. The fourth-order valence-corrected chi connectivity index (χ4v) is 1.59. The Morgan fingerprint density at radius 2 is 1.95 bits per heavy atom. The number of aromatic nitrogens is 2. The number of aromatic carboxylic acids is 1. The van der Waals surface area contributed by atoms with Gasteiger partial charge in [-0.3, -0.25) is 4.79 Å². The number of hydrogen-bond acceptors (Lipinski definition) is 3. The fourth-order valence-electron chi connectivity index (χ4n) is 1.59. The van der Waals surface area contributed by atoms with E-state index in [2.05, 4.69) is 9.97 Å². The summed E-state index contributed by atoms with van der Waals surface area (Å²) in [6, 6.07) is 1.99. The highest BCUT2D eigenvalue weighted by atomic mass is 19.4. The molecule has 0 bridgehead atoms. The molecule has 2 aromatic rings. The van der Waals surface area contributed by atoms with Gasteiger partial charge in [0.05, 0.1) is 5.56 Å². The van der Waals surface area contributed by atoms with E-state index < -0.39 is 34.6 Å². The van der Waals surface area contributed by atoms with E-state index in [1.807, 2.05) is 0 Å². The molecule has 1 aromatic heterocycles. The summed E-state index contributed by atoms with van der Waals surface area (Å²) < 4.78 is 50.6. The summed E-state index contributed by atoms with van der Waals surface area (Å²) in [6.07, 6.45) is -4.09. The van der Waals surface area contributed by atoms with Crippen molar-refractivity contribution in [3.8, 4) is 11.4 Å². The van der Waals surface area contributed by atoms with Crippen molar-refractivity contribution in [2.75, 3.05) is 0 Å². The Bertz CT molecular complexity index is 768. The summed E-state index contributed by atoms with van der Waals surface area (Å²) >= 11 is 0. The van der Waals surface area contributed by atoms with Crippen LogP contribution in [0.1, 0.15) is 15.9 Å². The first-order valence-corrected chi connectivity index (χ1v) is 5.40. The van der Waals surface area contributed by atoms with Gasteiger partial charge in [-0.2, -0.15) is 13.2 Å². The Hall–Kier alpha value is -2.71. The number of nitrogens with one attached hydrogen (secondary N) is 1. The quantitative estimate of drug-likeness (QED) is 0.834. The van der Waals surface area contributed by atoms with Crippen LogP contribution < -0.4 is 5.56 Å². The van der Waals surface area contributed by atoms with E-state index in [9.17, 15) is 27.2 Å². The lowest BCUT2D eigenvalue weighted by molar-refractivity contribution is -0.139. The minimum Gasteiger partial charge on any atom is -0.477 e. The van der Waals surface area contributed by atoms with E-state index in [1.165, 1.54) is 0 Å². The van der Waals surface area contributed by atoms with Gasteiger partial charge in [-0.05, 0) is 12.1 Å². The van der Waals surface area contributed by atoms with Gasteiger partial charge in [0.1, 0.15) is 17.2 Å². The van der Waals surface area contributed by atoms with E-state index in [-0.39, 0.29) is 11.4 Å². The predicted molar refractivity (Wildman–Crippen MR) is 62.2 cm³/mol. The second-order valence-corrected chi connectivity index (χ2v) is 3.97. The summed E-state index contributed by atoms with van der Waals surface area (Å²) in [4.78, 5) is 27.7. The zero-order chi connectivity index (χ0) is 15.8. The summed E-state index contributed by atoms with van der Waals surface area (Å²) in [5, 5.41) is 8.65. The number of H-pyrrole nitrogens is 1. The monoisotopic (exact) mass is 302 g/mol. The second-order valence-electron chi connectivity index (χ2n) is 3.97. The third-order valence-corrected chi connectivity index (χ3v) is 2.58. The number of rotatable bonds is 2. The van der Waals surface area contributed by atoms with Crippen molar-refractivity contribution >= 4 is 5.97 Å². The molecular formula is C12H6F4N2O3. The molecule has 0 radical (unpaired) electrons. The second kappa shape index (κ2) is 5.00. The van der Waals surface area contributed by atoms with Gasteiger partial charge in [0, 0.05) is 11.8 Å². The van der Waals surface area contributed by atoms with Gasteiger partial charge in [0.2, 0.25) is 0 Å². The molecule has 0 aliphatic heterocycles. The predicted octanol–water partition coefficient (Wildman–Crippen LogP) is 2.29. The highest BCUT2D eigenvalue weighted by Gasteiger charge is 2.34. The summed E-state index contributed by atoms with van der Waals surface area (Å²) in [5.41, 5.74) is -3.19. The van der Waals surface area contributed by atoms with E-state index in [1.54, 1.807) is 0 Å².